The Kier molecular flexibility index (Phi) is 8.23. The summed E-state index contributed by atoms with van der Waals surface area (Å²) in [6, 6.07) is 17.8. The molecule has 2 aromatic carbocycles. The number of pyridine rings is 2. The largest absolute Gasteiger partial charge is 1.00 e. The van der Waals surface area contributed by atoms with E-state index in [9.17, 15) is 0 Å². The highest BCUT2D eigenvalue weighted by Crippen LogP contribution is 2.21. The molecule has 0 unspecified atom stereocenters. The number of hydrogen-bond donors (Lipinski definition) is 0. The van der Waals surface area contributed by atoms with Crippen molar-refractivity contribution in [3.63, 3.8) is 0 Å². The van der Waals surface area contributed by atoms with E-state index < -0.39 is 0 Å². The predicted octanol–water partition coefficient (Wildman–Crippen LogP) is -0.234. The maximum absolute atomic E-state index is 2.24. The molecule has 0 aliphatic carbocycles. The molecule has 32 heavy (non-hydrogen) atoms. The van der Waals surface area contributed by atoms with E-state index in [0.29, 0.717) is 0 Å². The fourth-order valence-corrected chi connectivity index (χ4v) is 4.70. The van der Waals surface area contributed by atoms with Gasteiger partial charge in [-0.1, -0.05) is 11.1 Å². The van der Waals surface area contributed by atoms with Crippen LogP contribution in [0.25, 0.3) is 22.5 Å². The van der Waals surface area contributed by atoms with Gasteiger partial charge in [-0.15, -0.1) is 0 Å². The van der Waals surface area contributed by atoms with Crippen LogP contribution in [0.5, 0.6) is 0 Å². The summed E-state index contributed by atoms with van der Waals surface area (Å²) in [6.07, 6.45) is 8.65. The molecule has 166 valence electrons. The van der Waals surface area contributed by atoms with E-state index in [1.165, 1.54) is 55.9 Å². The molecule has 0 aliphatic rings. The van der Waals surface area contributed by atoms with Crippen molar-refractivity contribution >= 4 is 0 Å². The molecule has 0 radical (unpaired) electrons. The molecule has 0 fully saturated rings. The molecular formula is C28H30Cl2N2. The first-order valence-electron chi connectivity index (χ1n) is 10.5. The molecule has 2 aromatic heterocycles. The van der Waals surface area contributed by atoms with Crippen molar-refractivity contribution in [2.45, 2.75) is 41.5 Å². The highest BCUT2D eigenvalue weighted by Gasteiger charge is 2.16. The van der Waals surface area contributed by atoms with Gasteiger partial charge >= 0.3 is 0 Å². The third-order valence-corrected chi connectivity index (χ3v) is 5.78. The summed E-state index contributed by atoms with van der Waals surface area (Å²) in [4.78, 5) is 0. The molecular weight excluding hydrogens is 435 g/mol. The van der Waals surface area contributed by atoms with Crippen LogP contribution < -0.4 is 33.9 Å². The highest BCUT2D eigenvalue weighted by atomic mass is 35.5. The Morgan fingerprint density at radius 3 is 0.938 bits per heavy atom. The summed E-state index contributed by atoms with van der Waals surface area (Å²) >= 11 is 0. The lowest BCUT2D eigenvalue weighted by molar-refractivity contribution is -0.597. The third-order valence-electron chi connectivity index (χ3n) is 5.78. The van der Waals surface area contributed by atoms with Gasteiger partial charge in [0.1, 0.15) is 0 Å². The molecule has 4 heteroatoms. The topological polar surface area (TPSA) is 7.76 Å². The van der Waals surface area contributed by atoms with E-state index in [4.69, 9.17) is 0 Å². The van der Waals surface area contributed by atoms with Crippen LogP contribution in [0.15, 0.2) is 73.3 Å². The number of benzene rings is 2. The van der Waals surface area contributed by atoms with Crippen LogP contribution >= 0.6 is 0 Å². The quantitative estimate of drug-likeness (QED) is 0.370. The maximum Gasteiger partial charge on any atom is 0.216 e. The Labute approximate surface area is 204 Å². The minimum Gasteiger partial charge on any atom is -1.00 e. The zero-order valence-corrected chi connectivity index (χ0v) is 21.1. The first kappa shape index (κ1) is 25.6. The summed E-state index contributed by atoms with van der Waals surface area (Å²) in [7, 11) is 0. The zero-order valence-electron chi connectivity index (χ0n) is 19.6. The van der Waals surface area contributed by atoms with Crippen molar-refractivity contribution in [2.75, 3.05) is 0 Å². The van der Waals surface area contributed by atoms with Crippen molar-refractivity contribution in [1.82, 2.24) is 0 Å². The molecule has 0 saturated carbocycles. The molecule has 0 aliphatic heterocycles. The Hall–Kier alpha value is -2.68. The summed E-state index contributed by atoms with van der Waals surface area (Å²) in [6.45, 7) is 13.0. The normalized spacial score (nSPS) is 10.3. The van der Waals surface area contributed by atoms with Crippen LogP contribution in [-0.4, -0.2) is 0 Å². The van der Waals surface area contributed by atoms with E-state index >= 15 is 0 Å². The minimum absolute atomic E-state index is 0. The minimum atomic E-state index is 0. The number of aryl methyl sites for hydroxylation is 6. The van der Waals surface area contributed by atoms with Gasteiger partial charge in [0, 0.05) is 46.5 Å². The number of hydrogen-bond acceptors (Lipinski definition) is 0. The fraction of sp³-hybridized carbons (Fsp3) is 0.214. The van der Waals surface area contributed by atoms with Crippen LogP contribution in [0.3, 0.4) is 0 Å². The van der Waals surface area contributed by atoms with Crippen molar-refractivity contribution in [2.24, 2.45) is 0 Å². The van der Waals surface area contributed by atoms with E-state index in [0.717, 1.165) is 0 Å². The van der Waals surface area contributed by atoms with Crippen LogP contribution in [0.2, 0.25) is 0 Å². The lowest BCUT2D eigenvalue weighted by Crippen LogP contribution is -3.00. The number of halogens is 2. The zero-order chi connectivity index (χ0) is 21.4. The third kappa shape index (κ3) is 5.03. The Morgan fingerprint density at radius 1 is 0.438 bits per heavy atom. The lowest BCUT2D eigenvalue weighted by atomic mass is 10.0. The summed E-state index contributed by atoms with van der Waals surface area (Å²) < 4.78 is 4.44. The molecule has 2 heterocycles. The molecule has 0 saturated heterocycles. The molecule has 4 aromatic rings. The second kappa shape index (κ2) is 10.3. The number of rotatable bonds is 3. The van der Waals surface area contributed by atoms with E-state index in [-0.39, 0.29) is 24.8 Å². The summed E-state index contributed by atoms with van der Waals surface area (Å²) in [5.74, 6) is 0. The van der Waals surface area contributed by atoms with Gasteiger partial charge in [0.05, 0.1) is 0 Å². The first-order valence-corrected chi connectivity index (χ1v) is 10.5. The van der Waals surface area contributed by atoms with Gasteiger partial charge in [-0.25, -0.2) is 0 Å². The van der Waals surface area contributed by atoms with Gasteiger partial charge in [-0.2, -0.15) is 9.13 Å². The van der Waals surface area contributed by atoms with Gasteiger partial charge in [0.2, 0.25) is 11.4 Å². The SMILES string of the molecule is Cc1cc(C)c(-[n+]2ccc(-c3cc[n+](-c4c(C)cc(C)cc4C)cc3)cc2)c(C)c1.[Cl-].[Cl-]. The van der Waals surface area contributed by atoms with Gasteiger partial charge in [-0.3, -0.25) is 0 Å². The number of aromatic nitrogens is 2. The average Bonchev–Trinajstić information content (AvgIpc) is 2.67. The lowest BCUT2D eigenvalue weighted by Gasteiger charge is -2.08. The van der Waals surface area contributed by atoms with Crippen LogP contribution in [0.1, 0.15) is 33.4 Å². The van der Waals surface area contributed by atoms with Crippen LogP contribution in [0, 0.1) is 41.5 Å². The van der Waals surface area contributed by atoms with E-state index in [1.807, 2.05) is 0 Å². The smallest absolute Gasteiger partial charge is 0.216 e. The van der Waals surface area contributed by atoms with Crippen LogP contribution in [-0.2, 0) is 0 Å². The van der Waals surface area contributed by atoms with E-state index in [2.05, 4.69) is 124 Å². The van der Waals surface area contributed by atoms with Gasteiger partial charge in [0.15, 0.2) is 24.8 Å². The van der Waals surface area contributed by atoms with Gasteiger partial charge < -0.3 is 24.8 Å². The van der Waals surface area contributed by atoms with Crippen molar-refractivity contribution in [3.05, 3.63) is 107 Å². The molecule has 0 amide bonds. The van der Waals surface area contributed by atoms with Gasteiger partial charge in [-0.05, 0) is 76.9 Å². The average molecular weight is 465 g/mol. The van der Waals surface area contributed by atoms with Crippen molar-refractivity contribution < 1.29 is 33.9 Å². The Bertz CT molecular complexity index is 1080. The summed E-state index contributed by atoms with van der Waals surface area (Å²) in [5.41, 5.74) is 12.8. The second-order valence-corrected chi connectivity index (χ2v) is 8.48. The summed E-state index contributed by atoms with van der Waals surface area (Å²) in [5, 5.41) is 0. The maximum atomic E-state index is 2.24. The highest BCUT2D eigenvalue weighted by molar-refractivity contribution is 5.61. The Morgan fingerprint density at radius 2 is 0.688 bits per heavy atom. The van der Waals surface area contributed by atoms with E-state index in [1.54, 1.807) is 0 Å². The monoisotopic (exact) mass is 464 g/mol. The van der Waals surface area contributed by atoms with Crippen molar-refractivity contribution in [3.8, 4) is 22.5 Å². The van der Waals surface area contributed by atoms with Gasteiger partial charge in [0.25, 0.3) is 0 Å². The molecule has 2 nitrogen and oxygen atoms in total. The van der Waals surface area contributed by atoms with Crippen LogP contribution in [0.4, 0.5) is 0 Å². The molecule has 0 spiro atoms. The molecule has 0 bridgehead atoms. The molecule has 4 rings (SSSR count). The molecule has 0 N–H and O–H groups in total. The first-order chi connectivity index (χ1) is 14.3. The standard InChI is InChI=1S/C28H30N2.2ClH/c1-19-15-21(3)27(22(4)16-19)29-11-7-25(8-12-29)26-9-13-30(14-10-26)28-23(5)17-20(2)18-24(28)6;;/h7-18H,1-6H3;2*1H/q+2;;/p-2. The predicted molar refractivity (Wildman–Crippen MR) is 123 cm³/mol. The fourth-order valence-electron chi connectivity index (χ4n) is 4.70. The number of nitrogens with zero attached hydrogens (tertiary/aromatic N) is 2. The Balaban J connectivity index is 0.00000181. The second-order valence-electron chi connectivity index (χ2n) is 8.48. The molecule has 0 atom stereocenters. The van der Waals surface area contributed by atoms with Crippen molar-refractivity contribution in [1.29, 1.82) is 0 Å².